The summed E-state index contributed by atoms with van der Waals surface area (Å²) in [6, 6.07) is 9.78. The Morgan fingerprint density at radius 1 is 1.09 bits per heavy atom. The molecule has 0 amide bonds. The zero-order valence-electron chi connectivity index (χ0n) is 18.2. The monoisotopic (exact) mass is 508 g/mol. The van der Waals surface area contributed by atoms with E-state index in [0.29, 0.717) is 53.1 Å². The number of ether oxygens (including phenoxy) is 1. The molecule has 0 radical (unpaired) electrons. The first-order valence-electron chi connectivity index (χ1n) is 10.4. The molecule has 2 aromatic carbocycles. The molecule has 2 saturated heterocycles. The van der Waals surface area contributed by atoms with Crippen molar-refractivity contribution in [1.29, 1.82) is 0 Å². The van der Waals surface area contributed by atoms with Gasteiger partial charge in [0.2, 0.25) is 10.0 Å². The molecule has 33 heavy (non-hydrogen) atoms. The molecule has 3 aliphatic rings. The first-order chi connectivity index (χ1) is 15.6. The smallest absolute Gasteiger partial charge is 0.229 e. The summed E-state index contributed by atoms with van der Waals surface area (Å²) in [5, 5.41) is 3.31. The van der Waals surface area contributed by atoms with E-state index in [1.165, 1.54) is 11.8 Å². The third-order valence-electron chi connectivity index (χ3n) is 5.75. The Morgan fingerprint density at radius 2 is 1.79 bits per heavy atom. The molecule has 176 valence electrons. The zero-order valence-corrected chi connectivity index (χ0v) is 20.6. The summed E-state index contributed by atoms with van der Waals surface area (Å²) in [5.74, 6) is 2.14. The second-order valence-electron chi connectivity index (χ2n) is 8.42. The second kappa shape index (κ2) is 7.90. The van der Waals surface area contributed by atoms with Gasteiger partial charge < -0.3 is 15.0 Å². The number of anilines is 1. The Bertz CT molecular complexity index is 1360. The summed E-state index contributed by atoms with van der Waals surface area (Å²) in [7, 11) is -6.97. The molecule has 12 heteroatoms. The third-order valence-corrected chi connectivity index (χ3v) is 10.8. The molecule has 2 N–H and O–H groups in total. The van der Waals surface area contributed by atoms with Crippen LogP contribution in [0.3, 0.4) is 0 Å². The lowest BCUT2D eigenvalue weighted by molar-refractivity contribution is 0.357. The molecule has 2 fully saturated rings. The van der Waals surface area contributed by atoms with Crippen LogP contribution in [0.4, 0.5) is 11.4 Å². The van der Waals surface area contributed by atoms with Crippen LogP contribution in [0.15, 0.2) is 46.3 Å². The second-order valence-corrected chi connectivity index (χ2v) is 14.3. The average Bonchev–Trinajstić information content (AvgIpc) is 3.54. The van der Waals surface area contributed by atoms with E-state index in [9.17, 15) is 16.8 Å². The van der Waals surface area contributed by atoms with Crippen molar-refractivity contribution in [2.45, 2.75) is 15.9 Å². The van der Waals surface area contributed by atoms with Crippen LogP contribution in [0.25, 0.3) is 0 Å². The van der Waals surface area contributed by atoms with E-state index in [0.717, 1.165) is 19.3 Å². The number of thioether (sulfide) groups is 1. The van der Waals surface area contributed by atoms with Gasteiger partial charge in [-0.05, 0) is 43.3 Å². The fraction of sp³-hybridized carbons (Fsp3) is 0.381. The topological polar surface area (TPSA) is 117 Å². The number of nitrogens with one attached hydrogen (secondary N) is 2. The van der Waals surface area contributed by atoms with Crippen molar-refractivity contribution in [3.8, 4) is 11.5 Å². The molecule has 3 aliphatic heterocycles. The van der Waals surface area contributed by atoms with E-state index >= 15 is 0 Å². The molecule has 1 atom stereocenters. The SMILES string of the molecule is CC1(S(=O)(=O)c2ccc3c(c2)C(N2CCNCC2)=Nc2cc(NS(C)(=O)=O)ccc2O3)CS1. The number of hydrogen-bond acceptors (Lipinski definition) is 9. The van der Waals surface area contributed by atoms with E-state index in [1.807, 2.05) is 0 Å². The molecular weight excluding hydrogens is 484 g/mol. The van der Waals surface area contributed by atoms with Gasteiger partial charge in [0.1, 0.15) is 21.4 Å². The first-order valence-corrected chi connectivity index (χ1v) is 14.8. The van der Waals surface area contributed by atoms with Crippen LogP contribution in [0.5, 0.6) is 11.5 Å². The van der Waals surface area contributed by atoms with Crippen LogP contribution in [0.2, 0.25) is 0 Å². The molecule has 9 nitrogen and oxygen atoms in total. The minimum Gasteiger partial charge on any atom is -0.454 e. The number of sulfonamides is 1. The van der Waals surface area contributed by atoms with Crippen molar-refractivity contribution in [3.05, 3.63) is 42.0 Å². The summed E-state index contributed by atoms with van der Waals surface area (Å²) in [5.41, 5.74) is 1.43. The fourth-order valence-electron chi connectivity index (χ4n) is 3.83. The first kappa shape index (κ1) is 22.5. The number of rotatable bonds is 4. The van der Waals surface area contributed by atoms with Gasteiger partial charge in [0, 0.05) is 31.9 Å². The van der Waals surface area contributed by atoms with E-state index in [-0.39, 0.29) is 4.90 Å². The maximum Gasteiger partial charge on any atom is 0.229 e. The standard InChI is InChI=1S/C21H24N4O5S3/c1-21(13-31-21)33(28,29)15-4-6-18-16(12-15)20(25-9-7-22-8-10-25)23-17-11-14(24-32(2,26)27)3-5-19(17)30-18/h3-6,11-12,22,24H,7-10,13H2,1-2H3. The van der Waals surface area contributed by atoms with Crippen molar-refractivity contribution in [2.75, 3.05) is 42.9 Å². The van der Waals surface area contributed by atoms with Gasteiger partial charge in [-0.2, -0.15) is 0 Å². The maximum absolute atomic E-state index is 13.2. The lowest BCUT2D eigenvalue weighted by Gasteiger charge is -2.30. The van der Waals surface area contributed by atoms with Crippen molar-refractivity contribution < 1.29 is 21.6 Å². The molecule has 0 aliphatic carbocycles. The van der Waals surface area contributed by atoms with Crippen molar-refractivity contribution >= 4 is 48.8 Å². The number of benzene rings is 2. The quantitative estimate of drug-likeness (QED) is 0.605. The predicted molar refractivity (Wildman–Crippen MR) is 130 cm³/mol. The van der Waals surface area contributed by atoms with Crippen LogP contribution >= 0.6 is 11.8 Å². The van der Waals surface area contributed by atoms with E-state index < -0.39 is 23.9 Å². The lowest BCUT2D eigenvalue weighted by atomic mass is 10.1. The molecule has 2 aromatic rings. The number of amidine groups is 1. The number of hydrogen-bond donors (Lipinski definition) is 2. The largest absolute Gasteiger partial charge is 0.454 e. The minimum atomic E-state index is -3.51. The Morgan fingerprint density at radius 3 is 2.45 bits per heavy atom. The fourth-order valence-corrected chi connectivity index (χ4v) is 7.31. The Kier molecular flexibility index (Phi) is 5.39. The molecule has 1 unspecified atom stereocenters. The Hall–Kier alpha value is -2.28. The Labute approximate surface area is 197 Å². The number of nitrogens with zero attached hydrogens (tertiary/aromatic N) is 2. The molecule has 3 heterocycles. The molecule has 5 rings (SSSR count). The van der Waals surface area contributed by atoms with Crippen molar-refractivity contribution in [3.63, 3.8) is 0 Å². The number of fused-ring (bicyclic) bond motifs is 2. The van der Waals surface area contributed by atoms with Gasteiger partial charge in [0.25, 0.3) is 0 Å². The van der Waals surface area contributed by atoms with Gasteiger partial charge in [-0.1, -0.05) is 0 Å². The lowest BCUT2D eigenvalue weighted by Crippen LogP contribution is -2.46. The van der Waals surface area contributed by atoms with Gasteiger partial charge in [-0.15, -0.1) is 11.8 Å². The van der Waals surface area contributed by atoms with Gasteiger partial charge in [-0.25, -0.2) is 21.8 Å². The molecule has 0 aromatic heterocycles. The van der Waals surface area contributed by atoms with E-state index in [2.05, 4.69) is 14.9 Å². The highest BCUT2D eigenvalue weighted by Gasteiger charge is 2.52. The van der Waals surface area contributed by atoms with Gasteiger partial charge in [0.05, 0.1) is 22.4 Å². The van der Waals surface area contributed by atoms with Crippen LogP contribution in [-0.2, 0) is 19.9 Å². The minimum absolute atomic E-state index is 0.241. The molecule has 0 spiro atoms. The highest BCUT2D eigenvalue weighted by atomic mass is 32.3. The van der Waals surface area contributed by atoms with Gasteiger partial charge in [0.15, 0.2) is 15.6 Å². The highest BCUT2D eigenvalue weighted by Crippen LogP contribution is 2.52. The summed E-state index contributed by atoms with van der Waals surface area (Å²) < 4.78 is 57.5. The number of aliphatic imine (C=N–C) groups is 1. The molecular formula is C21H24N4O5S3. The van der Waals surface area contributed by atoms with Crippen molar-refractivity contribution in [2.24, 2.45) is 4.99 Å². The van der Waals surface area contributed by atoms with Crippen LogP contribution in [0.1, 0.15) is 12.5 Å². The zero-order chi connectivity index (χ0) is 23.4. The van der Waals surface area contributed by atoms with E-state index in [1.54, 1.807) is 43.3 Å². The van der Waals surface area contributed by atoms with Gasteiger partial charge >= 0.3 is 0 Å². The molecule has 0 saturated carbocycles. The third kappa shape index (κ3) is 4.32. The number of piperazine rings is 1. The van der Waals surface area contributed by atoms with Crippen molar-refractivity contribution in [1.82, 2.24) is 10.2 Å². The highest BCUT2D eigenvalue weighted by molar-refractivity contribution is 8.21. The van der Waals surface area contributed by atoms with Crippen LogP contribution in [-0.4, -0.2) is 69.8 Å². The maximum atomic E-state index is 13.2. The Balaban J connectivity index is 1.65. The van der Waals surface area contributed by atoms with E-state index in [4.69, 9.17) is 9.73 Å². The normalized spacial score (nSPS) is 22.4. The van der Waals surface area contributed by atoms with Crippen LogP contribution in [0, 0.1) is 0 Å². The number of sulfone groups is 1. The van der Waals surface area contributed by atoms with Gasteiger partial charge in [-0.3, -0.25) is 4.72 Å². The molecule has 0 bridgehead atoms. The summed E-state index contributed by atoms with van der Waals surface area (Å²) in [4.78, 5) is 7.18. The predicted octanol–water partition coefficient (Wildman–Crippen LogP) is 2.38. The average molecular weight is 509 g/mol. The summed E-state index contributed by atoms with van der Waals surface area (Å²) in [6.07, 6.45) is 1.08. The van der Waals surface area contributed by atoms with Crippen LogP contribution < -0.4 is 14.8 Å². The summed E-state index contributed by atoms with van der Waals surface area (Å²) >= 11 is 1.41. The summed E-state index contributed by atoms with van der Waals surface area (Å²) in [6.45, 7) is 4.67.